The highest BCUT2D eigenvalue weighted by molar-refractivity contribution is 5.80. The van der Waals surface area contributed by atoms with Gasteiger partial charge in [0.15, 0.2) is 0 Å². The number of ether oxygens (including phenoxy) is 6. The molecule has 0 radical (unpaired) electrons. The van der Waals surface area contributed by atoms with Crippen LogP contribution in [0.25, 0.3) is 0 Å². The van der Waals surface area contributed by atoms with Gasteiger partial charge in [0.1, 0.15) is 26.4 Å². The van der Waals surface area contributed by atoms with E-state index in [0.717, 1.165) is 32.1 Å². The molecule has 3 aliphatic rings. The predicted molar refractivity (Wildman–Crippen MR) is 130 cm³/mol. The largest absolute Gasteiger partial charge is 0.509 e. The zero-order valence-corrected chi connectivity index (χ0v) is 20.8. The maximum atomic E-state index is 11.6. The number of hydrogen-bond acceptors (Lipinski definition) is 10. The minimum atomic E-state index is -0.960. The van der Waals surface area contributed by atoms with E-state index in [1.807, 2.05) is 12.2 Å². The van der Waals surface area contributed by atoms with Crippen LogP contribution >= 0.6 is 0 Å². The second-order valence-electron chi connectivity index (χ2n) is 8.88. The van der Waals surface area contributed by atoms with Gasteiger partial charge >= 0.3 is 24.2 Å². The van der Waals surface area contributed by atoms with Crippen LogP contribution in [-0.2, 0) is 38.0 Å². The molecule has 2 heterocycles. The van der Waals surface area contributed by atoms with Crippen molar-refractivity contribution in [3.63, 3.8) is 0 Å². The van der Waals surface area contributed by atoms with E-state index >= 15 is 0 Å². The van der Waals surface area contributed by atoms with Gasteiger partial charge in [0.05, 0.1) is 0 Å². The fourth-order valence-electron chi connectivity index (χ4n) is 4.07. The number of carbonyl (C=O) groups excluding carboxylic acids is 4. The molecule has 0 aromatic rings. The van der Waals surface area contributed by atoms with E-state index in [1.165, 1.54) is 12.8 Å². The van der Waals surface area contributed by atoms with Crippen LogP contribution in [0.4, 0.5) is 9.59 Å². The monoisotopic (exact) mass is 518 g/mol. The Morgan fingerprint density at radius 1 is 0.676 bits per heavy atom. The van der Waals surface area contributed by atoms with E-state index in [9.17, 15) is 19.2 Å². The fourth-order valence-corrected chi connectivity index (χ4v) is 4.07. The third-order valence-electron chi connectivity index (χ3n) is 6.02. The average molecular weight is 519 g/mol. The van der Waals surface area contributed by atoms with Gasteiger partial charge in [-0.3, -0.25) is 0 Å². The van der Waals surface area contributed by atoms with Crippen molar-refractivity contribution in [3.05, 3.63) is 48.6 Å². The van der Waals surface area contributed by atoms with Crippen LogP contribution in [0.5, 0.6) is 0 Å². The number of unbranched alkanes of at least 4 members (excludes halogenated alkanes) is 2. The molecule has 1 saturated carbocycles. The van der Waals surface area contributed by atoms with Crippen LogP contribution in [-0.4, -0.2) is 62.9 Å². The first-order valence-corrected chi connectivity index (χ1v) is 12.6. The lowest BCUT2D eigenvalue weighted by Gasteiger charge is -2.05. The first kappa shape index (κ1) is 28.0. The molecule has 1 aliphatic carbocycles. The first-order valence-electron chi connectivity index (χ1n) is 12.6. The number of rotatable bonds is 14. The van der Waals surface area contributed by atoms with E-state index < -0.39 is 36.5 Å². The molecule has 202 valence electrons. The second-order valence-corrected chi connectivity index (χ2v) is 8.88. The van der Waals surface area contributed by atoms with Gasteiger partial charge in [0.25, 0.3) is 0 Å². The van der Waals surface area contributed by atoms with Crippen LogP contribution in [0.15, 0.2) is 48.6 Å². The van der Waals surface area contributed by atoms with Gasteiger partial charge < -0.3 is 28.4 Å². The smallest absolute Gasteiger partial charge is 0.459 e. The summed E-state index contributed by atoms with van der Waals surface area (Å²) in [6.07, 6.45) is 20.1. The van der Waals surface area contributed by atoms with Gasteiger partial charge in [-0.05, 0) is 56.8 Å². The summed E-state index contributed by atoms with van der Waals surface area (Å²) in [7, 11) is 0. The molecular weight excluding hydrogens is 484 g/mol. The predicted octanol–water partition coefficient (Wildman–Crippen LogP) is 4.35. The van der Waals surface area contributed by atoms with Gasteiger partial charge in [-0.2, -0.15) is 0 Å². The maximum Gasteiger partial charge on any atom is 0.509 e. The van der Waals surface area contributed by atoms with Crippen LogP contribution in [0, 0.1) is 11.8 Å². The molecule has 2 aliphatic heterocycles. The second kappa shape index (κ2) is 15.5. The van der Waals surface area contributed by atoms with Gasteiger partial charge in [0.2, 0.25) is 12.2 Å². The Morgan fingerprint density at radius 3 is 1.51 bits per heavy atom. The fraction of sp³-hybridized carbons (Fsp3) is 0.556. The highest BCUT2D eigenvalue weighted by atomic mass is 16.8. The molecule has 0 spiro atoms. The van der Waals surface area contributed by atoms with Gasteiger partial charge in [-0.15, -0.1) is 0 Å². The number of hydrogen-bond donors (Lipinski definition) is 0. The quantitative estimate of drug-likeness (QED) is 0.142. The molecule has 0 N–H and O–H groups in total. The molecule has 0 bridgehead atoms. The first-order chi connectivity index (χ1) is 18.0. The van der Waals surface area contributed by atoms with Crippen LogP contribution in [0.2, 0.25) is 0 Å². The number of carbonyl (C=O) groups is 4. The zero-order chi connectivity index (χ0) is 26.3. The van der Waals surface area contributed by atoms with Crippen molar-refractivity contribution >= 4 is 24.2 Å². The Kier molecular flexibility index (Phi) is 11.8. The highest BCUT2D eigenvalue weighted by Crippen LogP contribution is 2.32. The number of cyclic esters (lactones) is 4. The molecule has 10 nitrogen and oxygen atoms in total. The van der Waals surface area contributed by atoms with E-state index in [2.05, 4.69) is 43.3 Å². The third-order valence-corrected chi connectivity index (χ3v) is 6.02. The summed E-state index contributed by atoms with van der Waals surface area (Å²) in [6.45, 7) is 0.0968. The molecule has 4 unspecified atom stereocenters. The van der Waals surface area contributed by atoms with Crippen LogP contribution < -0.4 is 0 Å². The zero-order valence-electron chi connectivity index (χ0n) is 20.8. The molecule has 2 saturated heterocycles. The lowest BCUT2D eigenvalue weighted by atomic mass is 10.0. The van der Waals surface area contributed by atoms with Crippen LogP contribution in [0.1, 0.15) is 44.9 Å². The summed E-state index contributed by atoms with van der Waals surface area (Å²) in [6, 6.07) is 0. The topological polar surface area (TPSA) is 124 Å². The number of allylic oxidation sites excluding steroid dienone is 6. The van der Waals surface area contributed by atoms with Gasteiger partial charge in [-0.1, -0.05) is 48.6 Å². The summed E-state index contributed by atoms with van der Waals surface area (Å²) >= 11 is 0. The molecule has 37 heavy (non-hydrogen) atoms. The van der Waals surface area contributed by atoms with Crippen molar-refractivity contribution in [1.29, 1.82) is 0 Å². The molecule has 10 heteroatoms. The third kappa shape index (κ3) is 10.5. The molecular formula is C27H34O10. The van der Waals surface area contributed by atoms with Crippen LogP contribution in [0.3, 0.4) is 0 Å². The van der Waals surface area contributed by atoms with Crippen molar-refractivity contribution < 1.29 is 47.6 Å². The Labute approximate surface area is 216 Å². The normalized spacial score (nSPS) is 25.6. The van der Waals surface area contributed by atoms with E-state index in [1.54, 1.807) is 12.2 Å². The minimum absolute atomic E-state index is 0.0958. The summed E-state index contributed by atoms with van der Waals surface area (Å²) in [5, 5.41) is 0. The molecule has 3 fully saturated rings. The van der Waals surface area contributed by atoms with E-state index in [4.69, 9.17) is 9.47 Å². The highest BCUT2D eigenvalue weighted by Gasteiger charge is 2.33. The summed E-state index contributed by atoms with van der Waals surface area (Å²) < 4.78 is 28.5. The Bertz CT molecular complexity index is 831. The van der Waals surface area contributed by atoms with Crippen molar-refractivity contribution in [1.82, 2.24) is 0 Å². The van der Waals surface area contributed by atoms with Gasteiger partial charge in [0, 0.05) is 0 Å². The maximum absolute atomic E-state index is 11.6. The summed E-state index contributed by atoms with van der Waals surface area (Å²) in [5.41, 5.74) is 0. The summed E-state index contributed by atoms with van der Waals surface area (Å²) in [4.78, 5) is 44.9. The van der Waals surface area contributed by atoms with Crippen molar-refractivity contribution in [2.75, 3.05) is 26.4 Å². The molecule has 0 aromatic heterocycles. The Balaban J connectivity index is 1.16. The van der Waals surface area contributed by atoms with Crippen molar-refractivity contribution in [3.8, 4) is 0 Å². The Hall–Kier alpha value is -3.56. The Morgan fingerprint density at radius 2 is 1.11 bits per heavy atom. The van der Waals surface area contributed by atoms with Gasteiger partial charge in [-0.25, -0.2) is 19.2 Å². The lowest BCUT2D eigenvalue weighted by Crippen LogP contribution is -2.25. The average Bonchev–Trinajstić information content (AvgIpc) is 3.63. The molecule has 0 amide bonds. The minimum Gasteiger partial charge on any atom is -0.459 e. The van der Waals surface area contributed by atoms with E-state index in [-0.39, 0.29) is 26.4 Å². The molecule has 3 rings (SSSR count). The van der Waals surface area contributed by atoms with Crippen molar-refractivity contribution in [2.24, 2.45) is 11.8 Å². The van der Waals surface area contributed by atoms with Crippen molar-refractivity contribution in [2.45, 2.75) is 57.2 Å². The molecule has 4 atom stereocenters. The van der Waals surface area contributed by atoms with E-state index in [0.29, 0.717) is 11.8 Å². The molecule has 0 aromatic carbocycles. The SMILES string of the molecule is O=C1OCC(C(=O)OC/C=C/CC/C=C/C2CCC(/C=C/CC/C=C/COC(=O)C3COC(=O)O3)C2)O1. The lowest BCUT2D eigenvalue weighted by molar-refractivity contribution is -0.151. The number of esters is 2. The summed E-state index contributed by atoms with van der Waals surface area (Å²) in [5.74, 6) is 0.0212. The standard InChI is InChI=1S/C27H34O10/c28-24(22-18-34-26(30)36-22)32-15-9-5-1-3-7-11-20-13-14-21(17-20)12-8-4-2-6-10-16-33-25(29)23-19-35-27(31)37-23/h5-12,20-23H,1-4,13-19H2/b9-5+,10-6+,11-7+,12-8+.